The summed E-state index contributed by atoms with van der Waals surface area (Å²) in [6.45, 7) is 4.94. The maximum Gasteiger partial charge on any atom is 0.305 e. The molecule has 0 spiro atoms. The maximum atomic E-state index is 12.5. The molecule has 2 atom stereocenters. The summed E-state index contributed by atoms with van der Waals surface area (Å²) in [6.07, 6.45) is 89.4. The highest BCUT2D eigenvalue weighted by atomic mass is 16.5. The summed E-state index contributed by atoms with van der Waals surface area (Å²) in [4.78, 5) is 24.6. The van der Waals surface area contributed by atoms with E-state index in [1.807, 2.05) is 6.08 Å². The summed E-state index contributed by atoms with van der Waals surface area (Å²) < 4.78 is 5.49. The van der Waals surface area contributed by atoms with Crippen molar-refractivity contribution in [2.45, 2.75) is 411 Å². The van der Waals surface area contributed by atoms with Gasteiger partial charge in [0.1, 0.15) is 0 Å². The van der Waals surface area contributed by atoms with Gasteiger partial charge in [0.25, 0.3) is 0 Å². The molecular weight excluding hydrogens is 983 g/mol. The highest BCUT2D eigenvalue weighted by Gasteiger charge is 2.18. The molecule has 6 nitrogen and oxygen atoms in total. The molecule has 0 fully saturated rings. The van der Waals surface area contributed by atoms with Gasteiger partial charge in [-0.25, -0.2) is 0 Å². The van der Waals surface area contributed by atoms with Gasteiger partial charge >= 0.3 is 5.97 Å². The highest BCUT2D eigenvalue weighted by Crippen LogP contribution is 2.19. The summed E-state index contributed by atoms with van der Waals surface area (Å²) in [7, 11) is 0. The second-order valence-electron chi connectivity index (χ2n) is 24.9. The number of rotatable bonds is 68. The van der Waals surface area contributed by atoms with E-state index in [1.54, 1.807) is 6.08 Å². The van der Waals surface area contributed by atoms with Gasteiger partial charge in [-0.3, -0.25) is 9.59 Å². The molecule has 0 rings (SSSR count). The zero-order chi connectivity index (χ0) is 57.8. The Morgan fingerprint density at radius 1 is 0.350 bits per heavy atom. The number of allylic oxidation sites excluding steroid dienone is 5. The Labute approximate surface area is 500 Å². The number of hydrogen-bond acceptors (Lipinski definition) is 5. The van der Waals surface area contributed by atoms with Crippen LogP contribution in [0.25, 0.3) is 0 Å². The van der Waals surface area contributed by atoms with Crippen molar-refractivity contribution in [3.8, 4) is 0 Å². The van der Waals surface area contributed by atoms with E-state index in [1.165, 1.54) is 327 Å². The SMILES string of the molecule is CCCCCCCCCCCCCCCCCCCCCC/C=C/C(O)C(CO)NC(=O)CCCCCCCCCCCCC/C=C\C/C=C\CCCCCCCCCCCOC(=O)CCCCCCCCCCCCCCCC. The molecule has 0 radical (unpaired) electrons. The number of aliphatic hydroxyl groups excluding tert-OH is 2. The average molecular weight is 1120 g/mol. The Kier molecular flexibility index (Phi) is 67.9. The molecule has 1 amide bonds. The van der Waals surface area contributed by atoms with Crippen molar-refractivity contribution in [1.29, 1.82) is 0 Å². The summed E-state index contributed by atoms with van der Waals surface area (Å²) in [5, 5.41) is 23.3. The second-order valence-corrected chi connectivity index (χ2v) is 24.9. The first-order valence-electron chi connectivity index (χ1n) is 36.3. The third-order valence-corrected chi connectivity index (χ3v) is 16.9. The van der Waals surface area contributed by atoms with Crippen LogP contribution in [-0.2, 0) is 14.3 Å². The molecular formula is C74H141NO5. The largest absolute Gasteiger partial charge is 0.466 e. The van der Waals surface area contributed by atoms with Crippen molar-refractivity contribution in [3.63, 3.8) is 0 Å². The summed E-state index contributed by atoms with van der Waals surface area (Å²) in [5.74, 6) is -0.0542. The molecule has 0 bridgehead atoms. The third-order valence-electron chi connectivity index (χ3n) is 16.9. The Hall–Kier alpha value is -1.92. The van der Waals surface area contributed by atoms with Gasteiger partial charge in [0.05, 0.1) is 25.4 Å². The fraction of sp³-hybridized carbons (Fsp3) is 0.892. The molecule has 0 saturated heterocycles. The maximum absolute atomic E-state index is 12.5. The number of carbonyl (C=O) groups is 2. The monoisotopic (exact) mass is 1120 g/mol. The lowest BCUT2D eigenvalue weighted by molar-refractivity contribution is -0.143. The summed E-state index contributed by atoms with van der Waals surface area (Å²) >= 11 is 0. The van der Waals surface area contributed by atoms with E-state index in [0.29, 0.717) is 19.4 Å². The van der Waals surface area contributed by atoms with Crippen LogP contribution in [0.2, 0.25) is 0 Å². The molecule has 2 unspecified atom stereocenters. The van der Waals surface area contributed by atoms with Crippen LogP contribution in [0, 0.1) is 0 Å². The van der Waals surface area contributed by atoms with Gasteiger partial charge in [0.2, 0.25) is 5.91 Å². The van der Waals surface area contributed by atoms with E-state index in [-0.39, 0.29) is 18.5 Å². The van der Waals surface area contributed by atoms with Crippen molar-refractivity contribution in [1.82, 2.24) is 5.32 Å². The number of esters is 1. The highest BCUT2D eigenvalue weighted by molar-refractivity contribution is 5.76. The normalized spacial score (nSPS) is 12.7. The molecule has 6 heteroatoms. The zero-order valence-corrected chi connectivity index (χ0v) is 54.1. The standard InChI is InChI=1S/C74H141NO5/c1-3-5-7-9-11-13-15-17-19-20-21-22-30-33-36-39-42-46-50-54-58-62-66-72(77)71(70-76)75-73(78)67-63-59-55-51-47-43-40-37-34-31-28-26-24-23-25-27-29-32-35-38-41-45-49-53-57-61-65-69-80-74(79)68-64-60-56-52-48-44-18-16-14-12-10-8-6-4-2/h23-24,27,29,62,66,71-72,76-77H,3-22,25-26,28,30-61,63-65,67-70H2,1-2H3,(H,75,78)/b24-23-,29-27-,66-62+. The third kappa shape index (κ3) is 65.2. The molecule has 0 aliphatic heterocycles. The van der Waals surface area contributed by atoms with Gasteiger partial charge < -0.3 is 20.3 Å². The van der Waals surface area contributed by atoms with Crippen molar-refractivity contribution < 1.29 is 24.5 Å². The number of amides is 1. The van der Waals surface area contributed by atoms with E-state index in [0.717, 1.165) is 44.9 Å². The van der Waals surface area contributed by atoms with E-state index in [2.05, 4.69) is 43.5 Å². The minimum Gasteiger partial charge on any atom is -0.466 e. The molecule has 472 valence electrons. The van der Waals surface area contributed by atoms with Crippen LogP contribution in [0.15, 0.2) is 36.5 Å². The molecule has 0 saturated carbocycles. The Balaban J connectivity index is 3.44. The van der Waals surface area contributed by atoms with E-state index in [9.17, 15) is 19.8 Å². The van der Waals surface area contributed by atoms with Gasteiger partial charge in [-0.2, -0.15) is 0 Å². The molecule has 3 N–H and O–H groups in total. The number of ether oxygens (including phenoxy) is 1. The molecule has 0 aromatic rings. The number of nitrogens with one attached hydrogen (secondary N) is 1. The first-order valence-corrected chi connectivity index (χ1v) is 36.3. The Bertz CT molecular complexity index is 1300. The Morgan fingerprint density at radius 3 is 0.950 bits per heavy atom. The van der Waals surface area contributed by atoms with Crippen LogP contribution in [0.4, 0.5) is 0 Å². The topological polar surface area (TPSA) is 95.9 Å². The zero-order valence-electron chi connectivity index (χ0n) is 54.1. The molecule has 80 heavy (non-hydrogen) atoms. The molecule has 0 aromatic carbocycles. The Morgan fingerprint density at radius 2 is 0.625 bits per heavy atom. The lowest BCUT2D eigenvalue weighted by Crippen LogP contribution is -2.45. The van der Waals surface area contributed by atoms with E-state index >= 15 is 0 Å². The number of aliphatic hydroxyl groups is 2. The smallest absolute Gasteiger partial charge is 0.305 e. The van der Waals surface area contributed by atoms with E-state index in [4.69, 9.17) is 4.74 Å². The van der Waals surface area contributed by atoms with Gasteiger partial charge in [-0.15, -0.1) is 0 Å². The minimum atomic E-state index is -0.848. The van der Waals surface area contributed by atoms with Gasteiger partial charge in [-0.1, -0.05) is 359 Å². The van der Waals surface area contributed by atoms with Crippen LogP contribution >= 0.6 is 0 Å². The molecule has 0 heterocycles. The molecule has 0 aliphatic carbocycles. The lowest BCUT2D eigenvalue weighted by atomic mass is 10.0. The van der Waals surface area contributed by atoms with Crippen molar-refractivity contribution in [2.75, 3.05) is 13.2 Å². The van der Waals surface area contributed by atoms with Crippen LogP contribution < -0.4 is 5.32 Å². The van der Waals surface area contributed by atoms with Crippen LogP contribution in [0.3, 0.4) is 0 Å². The van der Waals surface area contributed by atoms with Crippen LogP contribution in [-0.4, -0.2) is 47.4 Å². The van der Waals surface area contributed by atoms with Crippen molar-refractivity contribution in [2.24, 2.45) is 0 Å². The number of unbranched alkanes of at least 4 members (excludes halogenated alkanes) is 53. The van der Waals surface area contributed by atoms with Gasteiger partial charge in [-0.05, 0) is 64.2 Å². The summed E-state index contributed by atoms with van der Waals surface area (Å²) in [5.41, 5.74) is 0. The second kappa shape index (κ2) is 69.6. The first kappa shape index (κ1) is 78.1. The predicted molar refractivity (Wildman–Crippen MR) is 352 cm³/mol. The quantitative estimate of drug-likeness (QED) is 0.0320. The summed E-state index contributed by atoms with van der Waals surface area (Å²) in [6, 6.07) is -0.632. The van der Waals surface area contributed by atoms with Gasteiger partial charge in [0, 0.05) is 12.8 Å². The van der Waals surface area contributed by atoms with Crippen molar-refractivity contribution >= 4 is 11.9 Å². The minimum absolute atomic E-state index is 0.0131. The average Bonchev–Trinajstić information content (AvgIpc) is 3.46. The fourth-order valence-electron chi connectivity index (χ4n) is 11.4. The van der Waals surface area contributed by atoms with E-state index < -0.39 is 12.1 Å². The number of hydrogen-bond donors (Lipinski definition) is 3. The fourth-order valence-corrected chi connectivity index (χ4v) is 11.4. The first-order chi connectivity index (χ1) is 39.5. The van der Waals surface area contributed by atoms with Crippen LogP contribution in [0.1, 0.15) is 399 Å². The molecule has 0 aliphatic rings. The molecule has 0 aromatic heterocycles. The van der Waals surface area contributed by atoms with Gasteiger partial charge in [0.15, 0.2) is 0 Å². The number of carbonyl (C=O) groups excluding carboxylic acids is 2. The predicted octanol–water partition coefficient (Wildman–Crippen LogP) is 23.5. The lowest BCUT2D eigenvalue weighted by Gasteiger charge is -2.20. The van der Waals surface area contributed by atoms with Crippen LogP contribution in [0.5, 0.6) is 0 Å². The van der Waals surface area contributed by atoms with Crippen molar-refractivity contribution in [3.05, 3.63) is 36.5 Å².